The van der Waals surface area contributed by atoms with Crippen LogP contribution in [0.2, 0.25) is 0 Å². The van der Waals surface area contributed by atoms with Gasteiger partial charge in [-0.3, -0.25) is 0 Å². The molecule has 1 aromatic carbocycles. The maximum absolute atomic E-state index is 5.75. The lowest BCUT2D eigenvalue weighted by Gasteiger charge is -2.33. The van der Waals surface area contributed by atoms with E-state index < -0.39 is 0 Å². The summed E-state index contributed by atoms with van der Waals surface area (Å²) in [7, 11) is 0. The van der Waals surface area contributed by atoms with Gasteiger partial charge in [-0.15, -0.1) is 0 Å². The molecule has 1 N–H and O–H groups in total. The smallest absolute Gasteiger partial charge is 0.0570 e. The van der Waals surface area contributed by atoms with Gasteiger partial charge in [0.15, 0.2) is 0 Å². The monoisotopic (exact) mass is 297 g/mol. The minimum absolute atomic E-state index is 0.351. The first kappa shape index (κ1) is 12.9. The SMILES string of the molecule is Cc1cc(Br)cc(NC2CC(C)OC(C)C2)c1. The number of hydrogen-bond donors (Lipinski definition) is 1. The molecule has 1 aromatic rings. The molecular weight excluding hydrogens is 278 g/mol. The predicted octanol–water partition coefficient (Wildman–Crippen LogP) is 4.13. The Morgan fingerprint density at radius 3 is 2.41 bits per heavy atom. The van der Waals surface area contributed by atoms with Crippen LogP contribution in [-0.4, -0.2) is 18.2 Å². The summed E-state index contributed by atoms with van der Waals surface area (Å²) in [4.78, 5) is 0. The van der Waals surface area contributed by atoms with Crippen LogP contribution in [0.4, 0.5) is 5.69 Å². The molecule has 0 aromatic heterocycles. The van der Waals surface area contributed by atoms with Crippen LogP contribution in [0.25, 0.3) is 0 Å². The summed E-state index contributed by atoms with van der Waals surface area (Å²) in [5, 5.41) is 3.61. The summed E-state index contributed by atoms with van der Waals surface area (Å²) in [6.45, 7) is 6.41. The molecule has 1 saturated heterocycles. The summed E-state index contributed by atoms with van der Waals surface area (Å²) in [5.74, 6) is 0. The van der Waals surface area contributed by atoms with Gasteiger partial charge in [-0.2, -0.15) is 0 Å². The molecule has 0 spiro atoms. The highest BCUT2D eigenvalue weighted by Gasteiger charge is 2.24. The molecule has 2 unspecified atom stereocenters. The van der Waals surface area contributed by atoms with Crippen molar-refractivity contribution in [2.75, 3.05) is 5.32 Å². The summed E-state index contributed by atoms with van der Waals surface area (Å²) in [6.07, 6.45) is 2.86. The first-order chi connectivity index (χ1) is 8.02. The third-order valence-corrected chi connectivity index (χ3v) is 3.57. The van der Waals surface area contributed by atoms with Crippen molar-refractivity contribution in [1.82, 2.24) is 0 Å². The lowest BCUT2D eigenvalue weighted by molar-refractivity contribution is -0.0337. The fourth-order valence-corrected chi connectivity index (χ4v) is 3.19. The molecule has 0 bridgehead atoms. The van der Waals surface area contributed by atoms with E-state index in [-0.39, 0.29) is 0 Å². The van der Waals surface area contributed by atoms with E-state index in [0.717, 1.165) is 17.3 Å². The Kier molecular flexibility index (Phi) is 4.10. The number of halogens is 1. The molecule has 94 valence electrons. The van der Waals surface area contributed by atoms with Crippen molar-refractivity contribution in [1.29, 1.82) is 0 Å². The molecule has 1 aliphatic rings. The Hall–Kier alpha value is -0.540. The molecule has 1 fully saturated rings. The predicted molar refractivity (Wildman–Crippen MR) is 75.5 cm³/mol. The van der Waals surface area contributed by atoms with E-state index in [0.29, 0.717) is 18.2 Å². The van der Waals surface area contributed by atoms with E-state index in [4.69, 9.17) is 4.74 Å². The fraction of sp³-hybridized carbons (Fsp3) is 0.571. The standard InChI is InChI=1S/C14H20BrNO/c1-9-4-12(15)8-13(5-9)16-14-6-10(2)17-11(3)7-14/h4-5,8,10-11,14,16H,6-7H2,1-3H3. The second-order valence-electron chi connectivity index (χ2n) is 5.09. The number of hydrogen-bond acceptors (Lipinski definition) is 2. The van der Waals surface area contributed by atoms with Gasteiger partial charge in [-0.05, 0) is 57.4 Å². The highest BCUT2D eigenvalue weighted by Crippen LogP contribution is 2.25. The number of ether oxygens (including phenoxy) is 1. The van der Waals surface area contributed by atoms with Gasteiger partial charge in [-0.1, -0.05) is 15.9 Å². The Balaban J connectivity index is 2.04. The van der Waals surface area contributed by atoms with E-state index in [1.54, 1.807) is 0 Å². The maximum Gasteiger partial charge on any atom is 0.0570 e. The second kappa shape index (κ2) is 5.40. The third kappa shape index (κ3) is 3.71. The van der Waals surface area contributed by atoms with Crippen molar-refractivity contribution in [3.8, 4) is 0 Å². The summed E-state index contributed by atoms with van der Waals surface area (Å²) in [5.41, 5.74) is 2.47. The molecule has 2 rings (SSSR count). The molecule has 2 nitrogen and oxygen atoms in total. The zero-order chi connectivity index (χ0) is 12.4. The molecule has 0 aliphatic carbocycles. The highest BCUT2D eigenvalue weighted by molar-refractivity contribution is 9.10. The number of nitrogens with one attached hydrogen (secondary N) is 1. The number of aryl methyl sites for hydroxylation is 1. The Morgan fingerprint density at radius 2 is 1.82 bits per heavy atom. The number of anilines is 1. The average molecular weight is 298 g/mol. The molecule has 0 amide bonds. The van der Waals surface area contributed by atoms with Crippen LogP contribution in [0.1, 0.15) is 32.3 Å². The van der Waals surface area contributed by atoms with Gasteiger partial charge >= 0.3 is 0 Å². The van der Waals surface area contributed by atoms with Crippen molar-refractivity contribution >= 4 is 21.6 Å². The summed E-state index contributed by atoms with van der Waals surface area (Å²) in [6, 6.07) is 6.97. The lowest BCUT2D eigenvalue weighted by atomic mass is 9.99. The maximum atomic E-state index is 5.75. The van der Waals surface area contributed by atoms with Gasteiger partial charge in [0, 0.05) is 16.2 Å². The summed E-state index contributed by atoms with van der Waals surface area (Å²) < 4.78 is 6.88. The molecule has 2 atom stereocenters. The Bertz CT molecular complexity index is 364. The molecule has 17 heavy (non-hydrogen) atoms. The van der Waals surface area contributed by atoms with Crippen LogP contribution >= 0.6 is 15.9 Å². The molecule has 3 heteroatoms. The van der Waals surface area contributed by atoms with E-state index >= 15 is 0 Å². The quantitative estimate of drug-likeness (QED) is 0.886. The molecule has 0 saturated carbocycles. The molecule has 1 heterocycles. The Labute approximate surface area is 112 Å². The van der Waals surface area contributed by atoms with E-state index in [1.807, 2.05) is 0 Å². The zero-order valence-electron chi connectivity index (χ0n) is 10.7. The van der Waals surface area contributed by atoms with Crippen molar-refractivity contribution in [3.63, 3.8) is 0 Å². The topological polar surface area (TPSA) is 21.3 Å². The molecule has 1 aliphatic heterocycles. The average Bonchev–Trinajstić information content (AvgIpc) is 2.13. The van der Waals surface area contributed by atoms with Gasteiger partial charge in [0.25, 0.3) is 0 Å². The fourth-order valence-electron chi connectivity index (χ4n) is 2.58. The largest absolute Gasteiger partial charge is 0.382 e. The van der Waals surface area contributed by atoms with E-state index in [9.17, 15) is 0 Å². The highest BCUT2D eigenvalue weighted by atomic mass is 79.9. The third-order valence-electron chi connectivity index (χ3n) is 3.11. The molecule has 0 radical (unpaired) electrons. The van der Waals surface area contributed by atoms with Crippen molar-refractivity contribution in [2.24, 2.45) is 0 Å². The first-order valence-electron chi connectivity index (χ1n) is 6.22. The van der Waals surface area contributed by atoms with E-state index in [2.05, 4.69) is 60.2 Å². The van der Waals surface area contributed by atoms with Gasteiger partial charge < -0.3 is 10.1 Å². The Morgan fingerprint density at radius 1 is 1.18 bits per heavy atom. The van der Waals surface area contributed by atoms with Gasteiger partial charge in [0.1, 0.15) is 0 Å². The van der Waals surface area contributed by atoms with Crippen LogP contribution in [0.3, 0.4) is 0 Å². The van der Waals surface area contributed by atoms with Crippen molar-refractivity contribution in [3.05, 3.63) is 28.2 Å². The van der Waals surface area contributed by atoms with Crippen LogP contribution < -0.4 is 5.32 Å². The van der Waals surface area contributed by atoms with Crippen molar-refractivity contribution < 1.29 is 4.74 Å². The van der Waals surface area contributed by atoms with Crippen LogP contribution in [0, 0.1) is 6.92 Å². The zero-order valence-corrected chi connectivity index (χ0v) is 12.3. The van der Waals surface area contributed by atoms with Gasteiger partial charge in [-0.25, -0.2) is 0 Å². The lowest BCUT2D eigenvalue weighted by Crippen LogP contribution is -2.36. The normalized spacial score (nSPS) is 29.1. The minimum Gasteiger partial charge on any atom is -0.382 e. The van der Waals surface area contributed by atoms with Gasteiger partial charge in [0.2, 0.25) is 0 Å². The number of rotatable bonds is 2. The van der Waals surface area contributed by atoms with E-state index in [1.165, 1.54) is 11.3 Å². The van der Waals surface area contributed by atoms with Crippen LogP contribution in [0.15, 0.2) is 22.7 Å². The first-order valence-corrected chi connectivity index (χ1v) is 7.01. The van der Waals surface area contributed by atoms with Crippen LogP contribution in [0.5, 0.6) is 0 Å². The minimum atomic E-state index is 0.351. The van der Waals surface area contributed by atoms with Crippen LogP contribution in [-0.2, 0) is 4.74 Å². The van der Waals surface area contributed by atoms with Gasteiger partial charge in [0.05, 0.1) is 12.2 Å². The van der Waals surface area contributed by atoms with Crippen molar-refractivity contribution in [2.45, 2.75) is 51.9 Å². The molecular formula is C14H20BrNO. The summed E-state index contributed by atoms with van der Waals surface area (Å²) >= 11 is 3.54. The second-order valence-corrected chi connectivity index (χ2v) is 6.00. The number of benzene rings is 1.